The van der Waals surface area contributed by atoms with Gasteiger partial charge in [0.15, 0.2) is 0 Å². The molecule has 2 N–H and O–H groups in total. The first-order valence-corrected chi connectivity index (χ1v) is 6.78. The number of phenols is 2. The number of azo groups is 1. The fraction of sp³-hybridized carbons (Fsp3) is 0.0714. The Kier molecular flexibility index (Phi) is 3.30. The van der Waals surface area contributed by atoms with Crippen molar-refractivity contribution in [1.29, 1.82) is 0 Å². The van der Waals surface area contributed by atoms with E-state index in [-0.39, 0.29) is 18.0 Å². The standard InChI is InChI=1S/C14H11N3O2S/c18-10-6-5-9(12(19)7-10)8-15-17-14-16-11-3-1-2-4-13(11)20-14/h1-7,18-19H,8H2. The van der Waals surface area contributed by atoms with Crippen molar-refractivity contribution >= 4 is 26.7 Å². The highest BCUT2D eigenvalue weighted by molar-refractivity contribution is 7.21. The van der Waals surface area contributed by atoms with E-state index in [0.717, 1.165) is 10.2 Å². The van der Waals surface area contributed by atoms with Crippen molar-refractivity contribution in [3.63, 3.8) is 0 Å². The SMILES string of the molecule is Oc1ccc(CN=Nc2nc3ccccc3s2)c(O)c1. The molecule has 3 aromatic rings. The Bertz CT molecular complexity index is 750. The molecule has 1 heterocycles. The van der Waals surface area contributed by atoms with E-state index in [4.69, 9.17) is 0 Å². The Labute approximate surface area is 118 Å². The number of para-hydroxylation sites is 1. The van der Waals surface area contributed by atoms with E-state index in [1.54, 1.807) is 6.07 Å². The molecule has 0 spiro atoms. The van der Waals surface area contributed by atoms with E-state index in [1.165, 1.54) is 23.5 Å². The van der Waals surface area contributed by atoms with Crippen LogP contribution in [0.5, 0.6) is 11.5 Å². The lowest BCUT2D eigenvalue weighted by Crippen LogP contribution is -1.81. The van der Waals surface area contributed by atoms with E-state index >= 15 is 0 Å². The highest BCUT2D eigenvalue weighted by Crippen LogP contribution is 2.28. The van der Waals surface area contributed by atoms with Gasteiger partial charge in [0.05, 0.1) is 16.8 Å². The third kappa shape index (κ3) is 2.60. The van der Waals surface area contributed by atoms with Gasteiger partial charge in [0, 0.05) is 11.6 Å². The van der Waals surface area contributed by atoms with Crippen molar-refractivity contribution in [3.05, 3.63) is 48.0 Å². The Morgan fingerprint density at radius 1 is 1.10 bits per heavy atom. The first-order chi connectivity index (χ1) is 9.72. The molecule has 0 aliphatic carbocycles. The van der Waals surface area contributed by atoms with Crippen LogP contribution in [0.1, 0.15) is 5.56 Å². The molecule has 5 nitrogen and oxygen atoms in total. The highest BCUT2D eigenvalue weighted by atomic mass is 32.1. The summed E-state index contributed by atoms with van der Waals surface area (Å²) in [5.41, 5.74) is 1.51. The first kappa shape index (κ1) is 12.6. The zero-order valence-electron chi connectivity index (χ0n) is 10.4. The summed E-state index contributed by atoms with van der Waals surface area (Å²) in [5, 5.41) is 27.5. The largest absolute Gasteiger partial charge is 0.508 e. The monoisotopic (exact) mass is 285 g/mol. The molecule has 3 rings (SSSR count). The summed E-state index contributed by atoms with van der Waals surface area (Å²) in [7, 11) is 0. The Morgan fingerprint density at radius 2 is 1.95 bits per heavy atom. The first-order valence-electron chi connectivity index (χ1n) is 5.96. The van der Waals surface area contributed by atoms with Crippen LogP contribution in [-0.2, 0) is 6.54 Å². The van der Waals surface area contributed by atoms with Crippen molar-refractivity contribution in [1.82, 2.24) is 4.98 Å². The van der Waals surface area contributed by atoms with Crippen LogP contribution in [0.4, 0.5) is 5.13 Å². The maximum absolute atomic E-state index is 9.63. The highest BCUT2D eigenvalue weighted by Gasteiger charge is 2.03. The lowest BCUT2D eigenvalue weighted by molar-refractivity contribution is 0.446. The summed E-state index contributed by atoms with van der Waals surface area (Å²) < 4.78 is 1.06. The summed E-state index contributed by atoms with van der Waals surface area (Å²) >= 11 is 1.47. The van der Waals surface area contributed by atoms with Gasteiger partial charge in [-0.15, -0.1) is 5.11 Å². The average molecular weight is 285 g/mol. The fourth-order valence-corrected chi connectivity index (χ4v) is 2.56. The van der Waals surface area contributed by atoms with Gasteiger partial charge in [-0.05, 0) is 24.3 Å². The van der Waals surface area contributed by atoms with Crippen LogP contribution in [0.2, 0.25) is 0 Å². The van der Waals surface area contributed by atoms with E-state index in [0.29, 0.717) is 10.7 Å². The molecular formula is C14H11N3O2S. The van der Waals surface area contributed by atoms with Crippen LogP contribution < -0.4 is 0 Å². The molecule has 0 unspecified atom stereocenters. The minimum absolute atomic E-state index is 0.00764. The quantitative estimate of drug-likeness (QED) is 0.714. The molecule has 0 saturated heterocycles. The van der Waals surface area contributed by atoms with Gasteiger partial charge in [-0.25, -0.2) is 4.98 Å². The number of hydrogen-bond acceptors (Lipinski definition) is 6. The van der Waals surface area contributed by atoms with E-state index in [1.807, 2.05) is 24.3 Å². The van der Waals surface area contributed by atoms with Crippen molar-refractivity contribution < 1.29 is 10.2 Å². The smallest absolute Gasteiger partial charge is 0.230 e. The molecule has 1 aromatic heterocycles. The summed E-state index contributed by atoms with van der Waals surface area (Å²) in [6.07, 6.45) is 0. The zero-order valence-corrected chi connectivity index (χ0v) is 11.2. The predicted octanol–water partition coefficient (Wildman–Crippen LogP) is 3.99. The molecule has 0 bridgehead atoms. The van der Waals surface area contributed by atoms with Gasteiger partial charge in [-0.3, -0.25) is 0 Å². The van der Waals surface area contributed by atoms with Gasteiger partial charge in [0.1, 0.15) is 11.5 Å². The van der Waals surface area contributed by atoms with Gasteiger partial charge >= 0.3 is 0 Å². The number of hydrogen-bond donors (Lipinski definition) is 2. The molecule has 20 heavy (non-hydrogen) atoms. The topological polar surface area (TPSA) is 78.1 Å². The summed E-state index contributed by atoms with van der Waals surface area (Å²) in [4.78, 5) is 4.34. The summed E-state index contributed by atoms with van der Waals surface area (Å²) in [6, 6.07) is 12.2. The van der Waals surface area contributed by atoms with Crippen molar-refractivity contribution in [2.75, 3.05) is 0 Å². The minimum atomic E-state index is 0.00764. The maximum atomic E-state index is 9.63. The maximum Gasteiger partial charge on any atom is 0.230 e. The fourth-order valence-electron chi connectivity index (χ4n) is 1.76. The molecule has 0 saturated carbocycles. The second-order valence-electron chi connectivity index (χ2n) is 4.18. The minimum Gasteiger partial charge on any atom is -0.508 e. The van der Waals surface area contributed by atoms with Crippen LogP contribution in [0.3, 0.4) is 0 Å². The molecule has 100 valence electrons. The Morgan fingerprint density at radius 3 is 2.75 bits per heavy atom. The number of aromatic nitrogens is 1. The molecule has 0 aliphatic rings. The molecule has 0 fully saturated rings. The second kappa shape index (κ2) is 5.26. The van der Waals surface area contributed by atoms with Crippen LogP contribution in [0, 0.1) is 0 Å². The average Bonchev–Trinajstić information content (AvgIpc) is 2.84. The lowest BCUT2D eigenvalue weighted by Gasteiger charge is -2.00. The van der Waals surface area contributed by atoms with E-state index in [2.05, 4.69) is 15.2 Å². The van der Waals surface area contributed by atoms with Gasteiger partial charge in [0.2, 0.25) is 5.13 Å². The number of rotatable bonds is 3. The number of aromatic hydroxyl groups is 2. The van der Waals surface area contributed by atoms with E-state index < -0.39 is 0 Å². The van der Waals surface area contributed by atoms with Crippen molar-refractivity contribution in [3.8, 4) is 11.5 Å². The number of fused-ring (bicyclic) bond motifs is 1. The van der Waals surface area contributed by atoms with E-state index in [9.17, 15) is 10.2 Å². The number of nitrogens with zero attached hydrogens (tertiary/aromatic N) is 3. The van der Waals surface area contributed by atoms with Crippen LogP contribution >= 0.6 is 11.3 Å². The number of phenolic OH excluding ortho intramolecular Hbond substituents is 2. The van der Waals surface area contributed by atoms with Crippen LogP contribution in [0.25, 0.3) is 10.2 Å². The van der Waals surface area contributed by atoms with Crippen LogP contribution in [0.15, 0.2) is 52.7 Å². The number of benzene rings is 2. The molecule has 0 atom stereocenters. The van der Waals surface area contributed by atoms with Gasteiger partial charge < -0.3 is 10.2 Å². The summed E-state index contributed by atoms with van der Waals surface area (Å²) in [5.74, 6) is 0.0302. The zero-order chi connectivity index (χ0) is 13.9. The third-order valence-electron chi connectivity index (χ3n) is 2.75. The third-order valence-corrected chi connectivity index (χ3v) is 3.67. The molecule has 2 aromatic carbocycles. The van der Waals surface area contributed by atoms with Crippen molar-refractivity contribution in [2.24, 2.45) is 10.2 Å². The predicted molar refractivity (Wildman–Crippen MR) is 77.6 cm³/mol. The second-order valence-corrected chi connectivity index (χ2v) is 5.19. The normalized spacial score (nSPS) is 11.4. The molecule has 0 radical (unpaired) electrons. The van der Waals surface area contributed by atoms with Gasteiger partial charge in [-0.1, -0.05) is 23.5 Å². The molecule has 6 heteroatoms. The summed E-state index contributed by atoms with van der Waals surface area (Å²) in [6.45, 7) is 0.238. The van der Waals surface area contributed by atoms with Crippen molar-refractivity contribution in [2.45, 2.75) is 6.54 Å². The van der Waals surface area contributed by atoms with Gasteiger partial charge in [0.25, 0.3) is 0 Å². The Hall–Kier alpha value is -2.47. The van der Waals surface area contributed by atoms with Gasteiger partial charge in [-0.2, -0.15) is 5.11 Å². The molecular weight excluding hydrogens is 274 g/mol. The van der Waals surface area contributed by atoms with Crippen LogP contribution in [-0.4, -0.2) is 15.2 Å². The Balaban J connectivity index is 1.77. The lowest BCUT2D eigenvalue weighted by atomic mass is 10.2. The number of thiazole rings is 1. The molecule has 0 aliphatic heterocycles. The molecule has 0 amide bonds.